The van der Waals surface area contributed by atoms with Crippen molar-refractivity contribution < 1.29 is 14.0 Å². The predicted octanol–water partition coefficient (Wildman–Crippen LogP) is 3.24. The molecular weight excluding hydrogens is 371 g/mol. The molecule has 0 bridgehead atoms. The van der Waals surface area contributed by atoms with Crippen molar-refractivity contribution in [2.75, 3.05) is 6.54 Å². The third kappa shape index (κ3) is 3.81. The molecule has 0 saturated heterocycles. The van der Waals surface area contributed by atoms with Gasteiger partial charge in [-0.1, -0.05) is 0 Å². The number of pyridine rings is 1. The second-order valence-electron chi connectivity index (χ2n) is 7.26. The third-order valence-electron chi connectivity index (χ3n) is 5.08. The van der Waals surface area contributed by atoms with Crippen molar-refractivity contribution in [2.45, 2.75) is 33.4 Å². The first-order valence-electron chi connectivity index (χ1n) is 9.48. The normalized spacial score (nSPS) is 13.3. The van der Waals surface area contributed by atoms with Crippen molar-refractivity contribution in [3.8, 4) is 22.4 Å². The summed E-state index contributed by atoms with van der Waals surface area (Å²) in [5, 5.41) is 4.78. The second-order valence-corrected chi connectivity index (χ2v) is 7.26. The first-order valence-corrected chi connectivity index (χ1v) is 9.48. The lowest BCUT2D eigenvalue weighted by Gasteiger charge is -2.27. The van der Waals surface area contributed by atoms with E-state index in [0.29, 0.717) is 25.3 Å². The highest BCUT2D eigenvalue weighted by molar-refractivity contribution is 5.84. The van der Waals surface area contributed by atoms with E-state index in [1.807, 2.05) is 16.8 Å². The Morgan fingerprint density at radius 2 is 1.83 bits per heavy atom. The Morgan fingerprint density at radius 3 is 2.52 bits per heavy atom. The van der Waals surface area contributed by atoms with E-state index in [1.54, 1.807) is 30.2 Å². The average Bonchev–Trinajstić information content (AvgIpc) is 3.06. The highest BCUT2D eigenvalue weighted by Gasteiger charge is 2.27. The number of Topliss-reactive ketones (excluding diaryl/α,β-unsaturated/α-hetero) is 1. The van der Waals surface area contributed by atoms with Crippen LogP contribution in [-0.4, -0.2) is 37.9 Å². The molecule has 0 spiro atoms. The summed E-state index contributed by atoms with van der Waals surface area (Å²) in [6.45, 7) is 4.73. The Kier molecular flexibility index (Phi) is 4.96. The van der Waals surface area contributed by atoms with Crippen molar-refractivity contribution in [1.29, 1.82) is 0 Å². The number of aromatic nitrogens is 3. The lowest BCUT2D eigenvalue weighted by atomic mass is 9.97. The van der Waals surface area contributed by atoms with Gasteiger partial charge in [0.25, 0.3) is 0 Å². The van der Waals surface area contributed by atoms with Crippen LogP contribution in [0.5, 0.6) is 0 Å². The number of rotatable bonds is 4. The second kappa shape index (κ2) is 7.58. The average molecular weight is 392 g/mol. The number of hydrogen-bond acceptors (Lipinski definition) is 4. The van der Waals surface area contributed by atoms with Gasteiger partial charge in [0.1, 0.15) is 17.3 Å². The van der Waals surface area contributed by atoms with Crippen molar-refractivity contribution in [1.82, 2.24) is 19.7 Å². The van der Waals surface area contributed by atoms with Gasteiger partial charge in [0, 0.05) is 42.9 Å². The molecule has 6 nitrogen and oxygen atoms in total. The van der Waals surface area contributed by atoms with E-state index in [1.165, 1.54) is 19.1 Å². The molecule has 0 radical (unpaired) electrons. The molecule has 3 aromatic rings. The number of benzene rings is 1. The van der Waals surface area contributed by atoms with E-state index in [0.717, 1.165) is 28.1 Å². The first kappa shape index (κ1) is 19.0. The van der Waals surface area contributed by atoms with Gasteiger partial charge in [0.2, 0.25) is 5.91 Å². The summed E-state index contributed by atoms with van der Waals surface area (Å²) in [4.78, 5) is 29.6. The van der Waals surface area contributed by atoms with Crippen LogP contribution in [0.3, 0.4) is 0 Å². The fraction of sp³-hybridized carbons (Fsp3) is 0.273. The van der Waals surface area contributed by atoms with Crippen LogP contribution in [0.1, 0.15) is 25.2 Å². The molecule has 0 atom stereocenters. The lowest BCUT2D eigenvalue weighted by molar-refractivity contribution is -0.130. The van der Waals surface area contributed by atoms with Crippen molar-refractivity contribution in [2.24, 2.45) is 0 Å². The molecule has 0 fully saturated rings. The van der Waals surface area contributed by atoms with Gasteiger partial charge in [-0.25, -0.2) is 4.39 Å². The number of amides is 1. The number of halogens is 1. The van der Waals surface area contributed by atoms with Gasteiger partial charge in [-0.15, -0.1) is 0 Å². The van der Waals surface area contributed by atoms with Crippen LogP contribution >= 0.6 is 0 Å². The van der Waals surface area contributed by atoms with Gasteiger partial charge < -0.3 is 4.90 Å². The van der Waals surface area contributed by atoms with Crippen LogP contribution in [0.4, 0.5) is 4.39 Å². The SMILES string of the molecule is CC(=O)Cc1cc(-c2c(-c3ccc(F)cc3)nn3c2CN(C(C)=O)CC3)ccn1. The zero-order chi connectivity index (χ0) is 20.5. The number of fused-ring (bicyclic) bond motifs is 1. The summed E-state index contributed by atoms with van der Waals surface area (Å²) in [6.07, 6.45) is 1.93. The molecule has 2 aromatic heterocycles. The number of nitrogens with zero attached hydrogens (tertiary/aromatic N) is 4. The van der Waals surface area contributed by atoms with E-state index in [9.17, 15) is 14.0 Å². The van der Waals surface area contributed by atoms with Crippen molar-refractivity contribution in [3.63, 3.8) is 0 Å². The molecule has 1 aromatic carbocycles. The van der Waals surface area contributed by atoms with Crippen LogP contribution in [0.15, 0.2) is 42.6 Å². The molecule has 0 unspecified atom stereocenters. The molecule has 4 rings (SSSR count). The predicted molar refractivity (Wildman–Crippen MR) is 106 cm³/mol. The summed E-state index contributed by atoms with van der Waals surface area (Å²) in [6, 6.07) is 9.99. The fourth-order valence-corrected chi connectivity index (χ4v) is 3.69. The van der Waals surface area contributed by atoms with E-state index in [-0.39, 0.29) is 23.9 Å². The van der Waals surface area contributed by atoms with Gasteiger partial charge in [-0.2, -0.15) is 5.10 Å². The molecule has 1 amide bonds. The largest absolute Gasteiger partial charge is 0.335 e. The minimum atomic E-state index is -0.310. The first-order chi connectivity index (χ1) is 13.9. The smallest absolute Gasteiger partial charge is 0.219 e. The Morgan fingerprint density at radius 1 is 1.07 bits per heavy atom. The van der Waals surface area contributed by atoms with Crippen LogP contribution in [-0.2, 0) is 29.1 Å². The highest BCUT2D eigenvalue weighted by Crippen LogP contribution is 2.36. The summed E-state index contributed by atoms with van der Waals surface area (Å²) in [5.74, 6) is -0.262. The summed E-state index contributed by atoms with van der Waals surface area (Å²) >= 11 is 0. The van der Waals surface area contributed by atoms with Crippen molar-refractivity contribution >= 4 is 11.7 Å². The molecule has 0 aliphatic carbocycles. The fourth-order valence-electron chi connectivity index (χ4n) is 3.69. The highest BCUT2D eigenvalue weighted by atomic mass is 19.1. The Labute approximate surface area is 168 Å². The molecule has 3 heterocycles. The van der Waals surface area contributed by atoms with E-state index in [2.05, 4.69) is 4.98 Å². The van der Waals surface area contributed by atoms with Gasteiger partial charge >= 0.3 is 0 Å². The summed E-state index contributed by atoms with van der Waals surface area (Å²) < 4.78 is 15.4. The van der Waals surface area contributed by atoms with E-state index >= 15 is 0 Å². The maximum Gasteiger partial charge on any atom is 0.219 e. The zero-order valence-electron chi connectivity index (χ0n) is 16.4. The maximum absolute atomic E-state index is 13.5. The molecule has 29 heavy (non-hydrogen) atoms. The topological polar surface area (TPSA) is 68.1 Å². The van der Waals surface area contributed by atoms with E-state index < -0.39 is 0 Å². The van der Waals surface area contributed by atoms with Crippen molar-refractivity contribution in [3.05, 3.63) is 59.8 Å². The van der Waals surface area contributed by atoms with Crippen LogP contribution in [0.2, 0.25) is 0 Å². The molecule has 1 aliphatic heterocycles. The quantitative estimate of drug-likeness (QED) is 0.684. The van der Waals surface area contributed by atoms with Gasteiger partial charge in [-0.3, -0.25) is 19.3 Å². The molecular formula is C22H21FN4O2. The minimum Gasteiger partial charge on any atom is -0.335 e. The summed E-state index contributed by atoms with van der Waals surface area (Å²) in [7, 11) is 0. The Hall–Kier alpha value is -3.35. The number of carbonyl (C=O) groups excluding carboxylic acids is 2. The maximum atomic E-state index is 13.5. The molecule has 7 heteroatoms. The number of carbonyl (C=O) groups is 2. The third-order valence-corrected chi connectivity index (χ3v) is 5.08. The lowest BCUT2D eigenvalue weighted by Crippen LogP contribution is -2.37. The number of hydrogen-bond donors (Lipinski definition) is 0. The van der Waals surface area contributed by atoms with E-state index in [4.69, 9.17) is 5.10 Å². The Balaban J connectivity index is 1.88. The minimum absolute atomic E-state index is 0.0127. The molecule has 0 saturated carbocycles. The number of ketones is 1. The molecule has 148 valence electrons. The van der Waals surface area contributed by atoms with Gasteiger partial charge in [0.05, 0.1) is 18.8 Å². The zero-order valence-corrected chi connectivity index (χ0v) is 16.4. The molecule has 1 aliphatic rings. The summed E-state index contributed by atoms with van der Waals surface area (Å²) in [5.41, 5.74) is 4.88. The van der Waals surface area contributed by atoms with Gasteiger partial charge in [0.15, 0.2) is 0 Å². The Bertz CT molecular complexity index is 1090. The van der Waals surface area contributed by atoms with Crippen LogP contribution < -0.4 is 0 Å². The molecule has 0 N–H and O–H groups in total. The standard InChI is InChI=1S/C22H21FN4O2/c1-14(28)11-19-12-17(7-8-24-19)21-20-13-26(15(2)29)9-10-27(20)25-22(21)16-3-5-18(23)6-4-16/h3-8,12H,9-11,13H2,1-2H3. The monoisotopic (exact) mass is 392 g/mol. The van der Waals surface area contributed by atoms with Gasteiger partial charge in [-0.05, 0) is 48.9 Å². The van der Waals surface area contributed by atoms with Crippen LogP contribution in [0.25, 0.3) is 22.4 Å². The van der Waals surface area contributed by atoms with Crippen LogP contribution in [0, 0.1) is 5.82 Å².